The molecule has 2 rings (SSSR count). The van der Waals surface area contributed by atoms with Crippen molar-refractivity contribution in [3.63, 3.8) is 0 Å². The molecule has 2 amide bonds. The van der Waals surface area contributed by atoms with Crippen LogP contribution in [0.4, 0.5) is 5.69 Å². The maximum absolute atomic E-state index is 12.5. The second kappa shape index (κ2) is 6.55. The summed E-state index contributed by atoms with van der Waals surface area (Å²) in [4.78, 5) is 35.7. The number of benzene rings is 1. The van der Waals surface area contributed by atoms with Crippen LogP contribution >= 0.6 is 0 Å². The molecule has 1 heterocycles. The minimum Gasteiger partial charge on any atom is -0.353 e. The molecule has 0 unspecified atom stereocenters. The van der Waals surface area contributed by atoms with E-state index < -0.39 is 4.92 Å². The number of rotatable bonds is 3. The van der Waals surface area contributed by atoms with Gasteiger partial charge in [-0.1, -0.05) is 6.07 Å². The molecule has 0 saturated carbocycles. The number of hydrogen-bond acceptors (Lipinski definition) is 4. The van der Waals surface area contributed by atoms with Crippen molar-refractivity contribution in [2.45, 2.75) is 32.7 Å². The molecule has 1 aromatic carbocycles. The minimum atomic E-state index is -0.477. The third-order valence-corrected chi connectivity index (χ3v) is 3.92. The monoisotopic (exact) mass is 305 g/mol. The molecular formula is C15H19N3O4. The number of carbonyl (C=O) groups excluding carboxylic acids is 2. The number of nitrogens with zero attached hydrogens (tertiary/aromatic N) is 2. The SMILES string of the molecule is CC(=O)NC1CCN(C(=O)c2cccc([N+](=O)[O-])c2C)CC1. The summed E-state index contributed by atoms with van der Waals surface area (Å²) in [5, 5.41) is 13.8. The fraction of sp³-hybridized carbons (Fsp3) is 0.467. The summed E-state index contributed by atoms with van der Waals surface area (Å²) in [6, 6.07) is 4.63. The predicted molar refractivity (Wildman–Crippen MR) is 80.6 cm³/mol. The van der Waals surface area contributed by atoms with Crippen molar-refractivity contribution in [3.05, 3.63) is 39.4 Å². The molecule has 1 aromatic rings. The first-order valence-electron chi connectivity index (χ1n) is 7.20. The highest BCUT2D eigenvalue weighted by Crippen LogP contribution is 2.23. The molecule has 0 aromatic heterocycles. The molecule has 0 aliphatic carbocycles. The molecule has 118 valence electrons. The molecule has 0 spiro atoms. The van der Waals surface area contributed by atoms with Gasteiger partial charge in [0.15, 0.2) is 0 Å². The Hall–Kier alpha value is -2.44. The number of piperidine rings is 1. The molecule has 0 bridgehead atoms. The van der Waals surface area contributed by atoms with Crippen LogP contribution in [0.15, 0.2) is 18.2 Å². The molecule has 7 heteroatoms. The van der Waals surface area contributed by atoms with Crippen molar-refractivity contribution in [2.75, 3.05) is 13.1 Å². The Morgan fingerprint density at radius 1 is 1.32 bits per heavy atom. The van der Waals surface area contributed by atoms with Gasteiger partial charge in [-0.3, -0.25) is 19.7 Å². The molecule has 1 saturated heterocycles. The standard InChI is InChI=1S/C15H19N3O4/c1-10-13(4-3-5-14(10)18(21)22)15(20)17-8-6-12(7-9-17)16-11(2)19/h3-5,12H,6-9H2,1-2H3,(H,16,19). The van der Waals surface area contributed by atoms with E-state index in [2.05, 4.69) is 5.32 Å². The fourth-order valence-corrected chi connectivity index (χ4v) is 2.74. The molecule has 1 aliphatic heterocycles. The number of amides is 2. The van der Waals surface area contributed by atoms with Gasteiger partial charge in [0.1, 0.15) is 0 Å². The first-order chi connectivity index (χ1) is 10.4. The van der Waals surface area contributed by atoms with Crippen molar-refractivity contribution in [1.29, 1.82) is 0 Å². The molecule has 1 fully saturated rings. The number of nitrogens with one attached hydrogen (secondary N) is 1. The molecule has 22 heavy (non-hydrogen) atoms. The van der Waals surface area contributed by atoms with Crippen molar-refractivity contribution >= 4 is 17.5 Å². The first-order valence-corrected chi connectivity index (χ1v) is 7.20. The van der Waals surface area contributed by atoms with E-state index in [0.717, 1.165) is 0 Å². The first kappa shape index (κ1) is 15.9. The van der Waals surface area contributed by atoms with Gasteiger partial charge in [-0.2, -0.15) is 0 Å². The topological polar surface area (TPSA) is 92.6 Å². The lowest BCUT2D eigenvalue weighted by molar-refractivity contribution is -0.385. The van der Waals surface area contributed by atoms with Crippen LogP contribution in [0, 0.1) is 17.0 Å². The largest absolute Gasteiger partial charge is 0.353 e. The maximum atomic E-state index is 12.5. The summed E-state index contributed by atoms with van der Waals surface area (Å²) >= 11 is 0. The van der Waals surface area contributed by atoms with Gasteiger partial charge in [-0.25, -0.2) is 0 Å². The van der Waals surface area contributed by atoms with E-state index in [1.165, 1.54) is 19.1 Å². The minimum absolute atomic E-state index is 0.0426. The van der Waals surface area contributed by atoms with Gasteiger partial charge >= 0.3 is 0 Å². The second-order valence-electron chi connectivity index (χ2n) is 5.47. The zero-order valence-electron chi connectivity index (χ0n) is 12.7. The van der Waals surface area contributed by atoms with E-state index in [1.54, 1.807) is 17.9 Å². The Bertz CT molecular complexity index is 607. The van der Waals surface area contributed by atoms with Gasteiger partial charge < -0.3 is 10.2 Å². The van der Waals surface area contributed by atoms with Gasteiger partial charge in [-0.05, 0) is 25.8 Å². The van der Waals surface area contributed by atoms with Crippen LogP contribution < -0.4 is 5.32 Å². The quantitative estimate of drug-likeness (QED) is 0.678. The molecule has 1 aliphatic rings. The summed E-state index contributed by atoms with van der Waals surface area (Å²) in [7, 11) is 0. The lowest BCUT2D eigenvalue weighted by Crippen LogP contribution is -2.46. The van der Waals surface area contributed by atoms with E-state index in [0.29, 0.717) is 37.1 Å². The van der Waals surface area contributed by atoms with E-state index >= 15 is 0 Å². The maximum Gasteiger partial charge on any atom is 0.273 e. The fourth-order valence-electron chi connectivity index (χ4n) is 2.74. The zero-order chi connectivity index (χ0) is 16.3. The summed E-state index contributed by atoms with van der Waals surface area (Å²) in [6.45, 7) is 4.14. The van der Waals surface area contributed by atoms with Crippen LogP contribution in [0.25, 0.3) is 0 Å². The van der Waals surface area contributed by atoms with Gasteiger partial charge in [0.25, 0.3) is 11.6 Å². The number of hydrogen-bond donors (Lipinski definition) is 1. The zero-order valence-corrected chi connectivity index (χ0v) is 12.7. The average molecular weight is 305 g/mol. The van der Waals surface area contributed by atoms with Crippen LogP contribution in [-0.4, -0.2) is 40.8 Å². The van der Waals surface area contributed by atoms with Crippen LogP contribution in [0.3, 0.4) is 0 Å². The van der Waals surface area contributed by atoms with Crippen molar-refractivity contribution in [3.8, 4) is 0 Å². The highest BCUT2D eigenvalue weighted by molar-refractivity contribution is 5.96. The summed E-state index contributed by atoms with van der Waals surface area (Å²) < 4.78 is 0. The molecule has 0 radical (unpaired) electrons. The Morgan fingerprint density at radius 3 is 2.50 bits per heavy atom. The molecule has 0 atom stereocenters. The van der Waals surface area contributed by atoms with Gasteiger partial charge in [0.2, 0.25) is 5.91 Å². The molecule has 1 N–H and O–H groups in total. The molecule has 7 nitrogen and oxygen atoms in total. The van der Waals surface area contributed by atoms with Crippen molar-refractivity contribution < 1.29 is 14.5 Å². The van der Waals surface area contributed by atoms with E-state index in [9.17, 15) is 19.7 Å². The number of nitro benzene ring substituents is 1. The van der Waals surface area contributed by atoms with Gasteiger partial charge in [0.05, 0.1) is 4.92 Å². The number of nitro groups is 1. The highest BCUT2D eigenvalue weighted by Gasteiger charge is 2.26. The highest BCUT2D eigenvalue weighted by atomic mass is 16.6. The number of likely N-dealkylation sites (tertiary alicyclic amines) is 1. The van der Waals surface area contributed by atoms with Crippen molar-refractivity contribution in [2.24, 2.45) is 0 Å². The smallest absolute Gasteiger partial charge is 0.273 e. The Balaban J connectivity index is 2.09. The Kier molecular flexibility index (Phi) is 4.75. The van der Waals surface area contributed by atoms with Crippen LogP contribution in [0.1, 0.15) is 35.7 Å². The van der Waals surface area contributed by atoms with Gasteiger partial charge in [0, 0.05) is 43.2 Å². The van der Waals surface area contributed by atoms with Crippen molar-refractivity contribution in [1.82, 2.24) is 10.2 Å². The number of carbonyl (C=O) groups is 2. The predicted octanol–water partition coefficient (Wildman–Crippen LogP) is 1.64. The van der Waals surface area contributed by atoms with Crippen LogP contribution in [0.2, 0.25) is 0 Å². The normalized spacial score (nSPS) is 15.5. The van der Waals surface area contributed by atoms with Crippen LogP contribution in [0.5, 0.6) is 0 Å². The summed E-state index contributed by atoms with van der Waals surface area (Å²) in [5.74, 6) is -0.262. The average Bonchev–Trinajstić information content (AvgIpc) is 2.46. The molecular weight excluding hydrogens is 286 g/mol. The van der Waals surface area contributed by atoms with E-state index in [-0.39, 0.29) is 23.5 Å². The third-order valence-electron chi connectivity index (χ3n) is 3.92. The third kappa shape index (κ3) is 3.41. The lowest BCUT2D eigenvalue weighted by atomic mass is 10.0. The summed E-state index contributed by atoms with van der Waals surface area (Å²) in [5.41, 5.74) is 0.715. The summed E-state index contributed by atoms with van der Waals surface area (Å²) in [6.07, 6.45) is 1.39. The van der Waals surface area contributed by atoms with E-state index in [4.69, 9.17) is 0 Å². The lowest BCUT2D eigenvalue weighted by Gasteiger charge is -2.32. The Labute approximate surface area is 128 Å². The van der Waals surface area contributed by atoms with Gasteiger partial charge in [-0.15, -0.1) is 0 Å². The van der Waals surface area contributed by atoms with E-state index in [1.807, 2.05) is 0 Å². The second-order valence-corrected chi connectivity index (χ2v) is 5.47. The van der Waals surface area contributed by atoms with Crippen LogP contribution in [-0.2, 0) is 4.79 Å². The Morgan fingerprint density at radius 2 is 1.95 bits per heavy atom.